The first-order valence-corrected chi connectivity index (χ1v) is 16.4. The molecule has 0 unspecified atom stereocenters. The van der Waals surface area contributed by atoms with Gasteiger partial charge in [0.25, 0.3) is 0 Å². The van der Waals surface area contributed by atoms with Gasteiger partial charge < -0.3 is 15.3 Å². The third-order valence-electron chi connectivity index (χ3n) is 9.57. The van der Waals surface area contributed by atoms with Crippen LogP contribution in [0, 0.1) is 0 Å². The van der Waals surface area contributed by atoms with Crippen LogP contribution in [0.5, 0.6) is 17.2 Å². The van der Waals surface area contributed by atoms with E-state index in [2.05, 4.69) is 50.2 Å². The normalized spacial score (nSPS) is 15.3. The molecular formula is C38H52O3. The van der Waals surface area contributed by atoms with Crippen LogP contribution in [0.2, 0.25) is 0 Å². The van der Waals surface area contributed by atoms with Crippen molar-refractivity contribution < 1.29 is 15.3 Å². The van der Waals surface area contributed by atoms with Gasteiger partial charge in [0, 0.05) is 5.41 Å². The van der Waals surface area contributed by atoms with E-state index in [1.165, 1.54) is 68.1 Å². The Balaban J connectivity index is 1.62. The second kappa shape index (κ2) is 15.3. The van der Waals surface area contributed by atoms with Gasteiger partial charge in [-0.25, -0.2) is 0 Å². The zero-order valence-electron chi connectivity index (χ0n) is 25.5. The summed E-state index contributed by atoms with van der Waals surface area (Å²) in [6.45, 7) is 4.48. The van der Waals surface area contributed by atoms with E-state index in [9.17, 15) is 15.3 Å². The van der Waals surface area contributed by atoms with Gasteiger partial charge in [-0.1, -0.05) is 102 Å². The Kier molecular flexibility index (Phi) is 11.6. The van der Waals surface area contributed by atoms with E-state index in [0.717, 1.165) is 62.5 Å². The average molecular weight is 557 g/mol. The van der Waals surface area contributed by atoms with Crippen LogP contribution in [-0.2, 0) is 18.3 Å². The van der Waals surface area contributed by atoms with Crippen LogP contribution in [0.25, 0.3) is 0 Å². The lowest BCUT2D eigenvalue weighted by molar-refractivity contribution is 0.313. The van der Waals surface area contributed by atoms with E-state index in [4.69, 9.17) is 0 Å². The third kappa shape index (κ3) is 8.09. The monoisotopic (exact) mass is 556 g/mol. The third-order valence-corrected chi connectivity index (χ3v) is 9.57. The average Bonchev–Trinajstić information content (AvgIpc) is 2.99. The maximum atomic E-state index is 10.8. The summed E-state index contributed by atoms with van der Waals surface area (Å²) in [5.41, 5.74) is 5.87. The molecule has 0 bridgehead atoms. The number of unbranched alkanes of at least 4 members (excludes halogenated alkanes) is 8. The van der Waals surface area contributed by atoms with Crippen LogP contribution in [-0.4, -0.2) is 15.3 Å². The number of rotatable bonds is 15. The van der Waals surface area contributed by atoms with Gasteiger partial charge in [-0.2, -0.15) is 0 Å². The molecule has 0 saturated heterocycles. The summed E-state index contributed by atoms with van der Waals surface area (Å²) < 4.78 is 0. The topological polar surface area (TPSA) is 60.7 Å². The minimum atomic E-state index is -0.150. The van der Waals surface area contributed by atoms with E-state index in [-0.39, 0.29) is 5.41 Å². The highest BCUT2D eigenvalue weighted by Crippen LogP contribution is 2.50. The Bertz CT molecular complexity index is 1140. The number of hydrogen-bond acceptors (Lipinski definition) is 3. The van der Waals surface area contributed by atoms with Crippen LogP contribution in [0.3, 0.4) is 0 Å². The first-order chi connectivity index (χ1) is 20.0. The minimum absolute atomic E-state index is 0.150. The summed E-state index contributed by atoms with van der Waals surface area (Å²) in [4.78, 5) is 0. The zero-order chi connectivity index (χ0) is 29.1. The molecule has 3 aromatic carbocycles. The van der Waals surface area contributed by atoms with Crippen LogP contribution >= 0.6 is 0 Å². The van der Waals surface area contributed by atoms with Gasteiger partial charge in [-0.3, -0.25) is 0 Å². The molecule has 0 aliphatic heterocycles. The fourth-order valence-corrected chi connectivity index (χ4v) is 6.94. The molecule has 222 valence electrons. The number of aryl methyl sites for hydroxylation is 2. The molecule has 0 aromatic heterocycles. The molecular weight excluding hydrogens is 504 g/mol. The van der Waals surface area contributed by atoms with Crippen molar-refractivity contribution in [2.45, 2.75) is 128 Å². The van der Waals surface area contributed by atoms with E-state index in [1.54, 1.807) is 12.1 Å². The Morgan fingerprint density at radius 2 is 1.05 bits per heavy atom. The van der Waals surface area contributed by atoms with Crippen molar-refractivity contribution in [2.24, 2.45) is 0 Å². The molecule has 4 rings (SSSR count). The number of phenols is 3. The molecule has 3 N–H and O–H groups in total. The van der Waals surface area contributed by atoms with Gasteiger partial charge in [0.05, 0.1) is 0 Å². The summed E-state index contributed by atoms with van der Waals surface area (Å²) in [7, 11) is 0. The van der Waals surface area contributed by atoms with Gasteiger partial charge >= 0.3 is 0 Å². The Morgan fingerprint density at radius 1 is 0.585 bits per heavy atom. The molecule has 41 heavy (non-hydrogen) atoms. The van der Waals surface area contributed by atoms with Crippen LogP contribution < -0.4 is 0 Å². The summed E-state index contributed by atoms with van der Waals surface area (Å²) >= 11 is 0. The summed E-state index contributed by atoms with van der Waals surface area (Å²) in [5, 5.41) is 31.4. The summed E-state index contributed by atoms with van der Waals surface area (Å²) in [6, 6.07) is 20.4. The van der Waals surface area contributed by atoms with Crippen LogP contribution in [0.1, 0.15) is 137 Å². The molecule has 1 saturated carbocycles. The van der Waals surface area contributed by atoms with Crippen molar-refractivity contribution in [3.05, 3.63) is 88.5 Å². The van der Waals surface area contributed by atoms with Gasteiger partial charge in [0.2, 0.25) is 0 Å². The number of hydrogen-bond donors (Lipinski definition) is 3. The molecule has 1 fully saturated rings. The van der Waals surface area contributed by atoms with Gasteiger partial charge in [-0.05, 0) is 109 Å². The summed E-state index contributed by atoms with van der Waals surface area (Å²) in [6.07, 6.45) is 18.1. The molecule has 0 amide bonds. The molecule has 0 heterocycles. The zero-order valence-corrected chi connectivity index (χ0v) is 25.5. The molecule has 0 radical (unpaired) electrons. The van der Waals surface area contributed by atoms with Gasteiger partial charge in [0.1, 0.15) is 17.2 Å². The molecule has 0 spiro atoms. The lowest BCUT2D eigenvalue weighted by Crippen LogP contribution is -2.33. The van der Waals surface area contributed by atoms with Crippen molar-refractivity contribution in [2.75, 3.05) is 0 Å². The first-order valence-electron chi connectivity index (χ1n) is 16.4. The van der Waals surface area contributed by atoms with Crippen LogP contribution in [0.4, 0.5) is 0 Å². The number of benzene rings is 3. The van der Waals surface area contributed by atoms with Crippen molar-refractivity contribution in [3.8, 4) is 17.2 Å². The predicted octanol–water partition coefficient (Wildman–Crippen LogP) is 10.5. The van der Waals surface area contributed by atoms with Crippen molar-refractivity contribution >= 4 is 0 Å². The number of aromatic hydroxyl groups is 3. The maximum Gasteiger partial charge on any atom is 0.118 e. The van der Waals surface area contributed by atoms with E-state index >= 15 is 0 Å². The first kappa shape index (κ1) is 31.0. The SMILES string of the molecule is CCCCCCCc1cc(C2(c3ccc(O)c(CCCCCCC)c3)CCC(c3ccc(O)cc3)CC2)ccc1O. The van der Waals surface area contributed by atoms with Crippen LogP contribution in [0.15, 0.2) is 60.7 Å². The van der Waals surface area contributed by atoms with Gasteiger partial charge in [0.15, 0.2) is 0 Å². The second-order valence-corrected chi connectivity index (χ2v) is 12.5. The Morgan fingerprint density at radius 3 is 1.51 bits per heavy atom. The molecule has 0 atom stereocenters. The minimum Gasteiger partial charge on any atom is -0.508 e. The quantitative estimate of drug-likeness (QED) is 0.163. The van der Waals surface area contributed by atoms with Crippen molar-refractivity contribution in [1.29, 1.82) is 0 Å². The van der Waals surface area contributed by atoms with Crippen molar-refractivity contribution in [1.82, 2.24) is 0 Å². The lowest BCUT2D eigenvalue weighted by Gasteiger charge is -2.42. The highest BCUT2D eigenvalue weighted by atomic mass is 16.3. The van der Waals surface area contributed by atoms with E-state index < -0.39 is 0 Å². The maximum absolute atomic E-state index is 10.8. The number of phenolic OH excluding ortho intramolecular Hbond substituents is 3. The molecule has 3 aromatic rings. The van der Waals surface area contributed by atoms with E-state index in [1.807, 2.05) is 12.1 Å². The summed E-state index contributed by atoms with van der Waals surface area (Å²) in [5.74, 6) is 1.61. The molecule has 1 aliphatic carbocycles. The molecule has 1 aliphatic rings. The standard InChI is InChI=1S/C38H52O3/c1-3-5-7-9-11-13-31-27-33(17-21-36(31)40)38(25-23-30(24-26-38)29-15-19-35(39)20-16-29)34-18-22-37(41)32(28-34)14-12-10-8-6-4-2/h15-22,27-28,30,39-41H,3-14,23-26H2,1-2H3. The Hall–Kier alpha value is -2.94. The predicted molar refractivity (Wildman–Crippen MR) is 171 cm³/mol. The van der Waals surface area contributed by atoms with E-state index in [0.29, 0.717) is 23.2 Å². The Labute approximate surface area is 248 Å². The van der Waals surface area contributed by atoms with Gasteiger partial charge in [-0.15, -0.1) is 0 Å². The second-order valence-electron chi connectivity index (χ2n) is 12.5. The molecule has 3 nitrogen and oxygen atoms in total. The largest absolute Gasteiger partial charge is 0.508 e. The van der Waals surface area contributed by atoms with Crippen molar-refractivity contribution in [3.63, 3.8) is 0 Å². The fourth-order valence-electron chi connectivity index (χ4n) is 6.94. The fraction of sp³-hybridized carbons (Fsp3) is 0.526. The highest BCUT2D eigenvalue weighted by Gasteiger charge is 2.39. The smallest absolute Gasteiger partial charge is 0.118 e. The lowest BCUT2D eigenvalue weighted by atomic mass is 9.62. The highest BCUT2D eigenvalue weighted by molar-refractivity contribution is 5.49. The molecule has 3 heteroatoms.